The van der Waals surface area contributed by atoms with Crippen molar-refractivity contribution in [3.8, 4) is 0 Å². The maximum atomic E-state index is 11.8. The van der Waals surface area contributed by atoms with E-state index >= 15 is 0 Å². The van der Waals surface area contributed by atoms with Crippen molar-refractivity contribution in [2.24, 2.45) is 5.73 Å². The molecule has 0 fully saturated rings. The molecule has 3 N–H and O–H groups in total. The topological polar surface area (TPSA) is 72.0 Å². The van der Waals surface area contributed by atoms with Crippen molar-refractivity contribution in [1.29, 1.82) is 0 Å². The Morgan fingerprint density at radius 2 is 1.32 bits per heavy atom. The lowest BCUT2D eigenvalue weighted by atomic mass is 10.6. The highest BCUT2D eigenvalue weighted by molar-refractivity contribution is 7.11. The van der Waals surface area contributed by atoms with Crippen LogP contribution in [0, 0.1) is 0 Å². The number of rotatable bonds is 2. The molecule has 0 aliphatic carbocycles. The van der Waals surface area contributed by atoms with Gasteiger partial charge in [-0.25, -0.2) is 9.97 Å². The second-order valence-corrected chi connectivity index (χ2v) is 5.85. The van der Waals surface area contributed by atoms with Crippen LogP contribution in [-0.4, -0.2) is 15.1 Å². The first-order chi connectivity index (χ1) is 10.1. The number of thiazole rings is 2. The van der Waals surface area contributed by atoms with Crippen LogP contribution in [0.1, 0.15) is 19.8 Å². The van der Waals surface area contributed by atoms with Crippen molar-refractivity contribution in [1.82, 2.24) is 9.97 Å². The van der Waals surface area contributed by atoms with Gasteiger partial charge in [0.2, 0.25) is 0 Å². The van der Waals surface area contributed by atoms with Crippen LogP contribution in [0.2, 0.25) is 0 Å². The van der Waals surface area contributed by atoms with E-state index in [0.29, 0.717) is 27.6 Å². The lowest BCUT2D eigenvalue weighted by Crippen LogP contribution is -2.02. The SMILES string of the molecule is NCc1cnc(C(F)(F)F)s1.OCc1cnc(C(F)(F)F)s1. The number of alkyl halides is 6. The maximum Gasteiger partial charge on any atom is 0.443 e. The van der Waals surface area contributed by atoms with Crippen LogP contribution in [-0.2, 0) is 25.5 Å². The zero-order chi connectivity index (χ0) is 17.0. The molecule has 0 amide bonds. The Balaban J connectivity index is 0.000000220. The molecule has 0 saturated heterocycles. The minimum atomic E-state index is -4.39. The minimum Gasteiger partial charge on any atom is -0.391 e. The van der Waals surface area contributed by atoms with E-state index in [1.807, 2.05) is 0 Å². The summed E-state index contributed by atoms with van der Waals surface area (Å²) < 4.78 is 70.9. The molecule has 22 heavy (non-hydrogen) atoms. The second-order valence-electron chi connectivity index (χ2n) is 3.62. The van der Waals surface area contributed by atoms with Crippen LogP contribution in [0.25, 0.3) is 0 Å². The van der Waals surface area contributed by atoms with Gasteiger partial charge in [-0.05, 0) is 0 Å². The van der Waals surface area contributed by atoms with E-state index in [9.17, 15) is 26.3 Å². The van der Waals surface area contributed by atoms with E-state index < -0.39 is 29.0 Å². The molecule has 2 heterocycles. The van der Waals surface area contributed by atoms with Crippen LogP contribution in [0.3, 0.4) is 0 Å². The number of nitrogens with two attached hydrogens (primary N) is 1. The summed E-state index contributed by atoms with van der Waals surface area (Å²) in [5.74, 6) is 0. The average Bonchev–Trinajstić information content (AvgIpc) is 3.07. The molecule has 0 aliphatic rings. The summed E-state index contributed by atoms with van der Waals surface area (Å²) in [5.41, 5.74) is 5.11. The first-order valence-electron chi connectivity index (χ1n) is 5.42. The molecule has 0 aromatic carbocycles. The van der Waals surface area contributed by atoms with E-state index in [-0.39, 0.29) is 11.4 Å². The van der Waals surface area contributed by atoms with Gasteiger partial charge in [-0.1, -0.05) is 0 Å². The van der Waals surface area contributed by atoms with Gasteiger partial charge in [0.25, 0.3) is 0 Å². The van der Waals surface area contributed by atoms with Gasteiger partial charge in [-0.15, -0.1) is 22.7 Å². The van der Waals surface area contributed by atoms with Crippen molar-refractivity contribution in [3.05, 3.63) is 32.2 Å². The van der Waals surface area contributed by atoms with Gasteiger partial charge in [0.05, 0.1) is 11.5 Å². The van der Waals surface area contributed by atoms with Crippen molar-refractivity contribution in [2.75, 3.05) is 0 Å². The van der Waals surface area contributed by atoms with Gasteiger partial charge in [0, 0.05) is 23.8 Å². The molecule has 2 aromatic heterocycles. The number of halogens is 6. The third-order valence-corrected chi connectivity index (χ3v) is 4.04. The van der Waals surface area contributed by atoms with Crippen LogP contribution in [0.4, 0.5) is 26.3 Å². The summed E-state index contributed by atoms with van der Waals surface area (Å²) >= 11 is 1.03. The summed E-state index contributed by atoms with van der Waals surface area (Å²) in [6, 6.07) is 0. The van der Waals surface area contributed by atoms with Gasteiger partial charge in [0.1, 0.15) is 0 Å². The Hall–Kier alpha value is -1.24. The summed E-state index contributed by atoms with van der Waals surface area (Å²) in [4.78, 5) is 6.93. The Bertz CT molecular complexity index is 540. The van der Waals surface area contributed by atoms with E-state index in [2.05, 4.69) is 9.97 Å². The first kappa shape index (κ1) is 18.8. The average molecular weight is 365 g/mol. The quantitative estimate of drug-likeness (QED) is 0.802. The zero-order valence-electron chi connectivity index (χ0n) is 10.6. The molecule has 0 bridgehead atoms. The third-order valence-electron chi connectivity index (χ3n) is 1.95. The van der Waals surface area contributed by atoms with Gasteiger partial charge in [-0.3, -0.25) is 0 Å². The van der Waals surface area contributed by atoms with Gasteiger partial charge < -0.3 is 10.8 Å². The predicted molar refractivity (Wildman–Crippen MR) is 68.0 cm³/mol. The summed E-state index contributed by atoms with van der Waals surface area (Å²) in [5, 5.41) is 6.67. The van der Waals surface area contributed by atoms with Crippen molar-refractivity contribution in [3.63, 3.8) is 0 Å². The largest absolute Gasteiger partial charge is 0.443 e. The summed E-state index contributed by atoms with van der Waals surface area (Å²) in [7, 11) is 0. The Morgan fingerprint density at radius 1 is 0.909 bits per heavy atom. The molecule has 124 valence electrons. The second kappa shape index (κ2) is 7.35. The highest BCUT2D eigenvalue weighted by Crippen LogP contribution is 2.32. The number of aromatic nitrogens is 2. The Kier molecular flexibility index (Phi) is 6.28. The number of hydrogen-bond donors (Lipinski definition) is 2. The molecular weight excluding hydrogens is 356 g/mol. The van der Waals surface area contributed by atoms with Gasteiger partial charge in [-0.2, -0.15) is 26.3 Å². The van der Waals surface area contributed by atoms with Crippen molar-refractivity contribution >= 4 is 22.7 Å². The molecular formula is C10H9F6N3OS2. The normalized spacial score (nSPS) is 12.0. The number of aliphatic hydroxyl groups is 1. The van der Waals surface area contributed by atoms with Crippen LogP contribution in [0.5, 0.6) is 0 Å². The monoisotopic (exact) mass is 365 g/mol. The molecule has 0 saturated carbocycles. The van der Waals surface area contributed by atoms with Gasteiger partial charge in [0.15, 0.2) is 10.0 Å². The zero-order valence-corrected chi connectivity index (χ0v) is 12.2. The standard InChI is InChI=1S/C5H5F3N2S.C5H4F3NOS/c6-5(7,8)4-10-2-3(1-9)11-4;6-5(7,8)4-9-1-3(2-10)11-4/h2H,1,9H2;1,10H,2H2. The molecule has 0 unspecified atom stereocenters. The van der Waals surface area contributed by atoms with Crippen LogP contribution in [0.15, 0.2) is 12.4 Å². The third kappa shape index (κ3) is 5.51. The smallest absolute Gasteiger partial charge is 0.391 e. The fourth-order valence-corrected chi connectivity index (χ4v) is 2.34. The van der Waals surface area contributed by atoms with Crippen LogP contribution < -0.4 is 5.73 Å². The molecule has 2 rings (SSSR count). The van der Waals surface area contributed by atoms with Crippen molar-refractivity contribution in [2.45, 2.75) is 25.5 Å². The maximum absolute atomic E-state index is 11.8. The van der Waals surface area contributed by atoms with Crippen LogP contribution >= 0.6 is 22.7 Å². The fraction of sp³-hybridized carbons (Fsp3) is 0.400. The van der Waals surface area contributed by atoms with E-state index in [1.54, 1.807) is 0 Å². The fourth-order valence-electron chi connectivity index (χ4n) is 1.04. The van der Waals surface area contributed by atoms with E-state index in [4.69, 9.17) is 10.8 Å². The lowest BCUT2D eigenvalue weighted by Gasteiger charge is -1.98. The predicted octanol–water partition coefficient (Wildman–Crippen LogP) is 3.27. The molecule has 2 aromatic rings. The van der Waals surface area contributed by atoms with Crippen molar-refractivity contribution < 1.29 is 31.4 Å². The number of hydrogen-bond acceptors (Lipinski definition) is 6. The summed E-state index contributed by atoms with van der Waals surface area (Å²) in [6.07, 6.45) is -6.56. The molecule has 0 radical (unpaired) electrons. The molecule has 4 nitrogen and oxygen atoms in total. The van der Waals surface area contributed by atoms with E-state index in [1.165, 1.54) is 0 Å². The lowest BCUT2D eigenvalue weighted by molar-refractivity contribution is -0.138. The minimum absolute atomic E-state index is 0.105. The molecule has 12 heteroatoms. The molecule has 0 spiro atoms. The number of aliphatic hydroxyl groups excluding tert-OH is 1. The Labute approximate surface area is 128 Å². The first-order valence-corrected chi connectivity index (χ1v) is 7.06. The van der Waals surface area contributed by atoms with E-state index in [0.717, 1.165) is 12.4 Å². The highest BCUT2D eigenvalue weighted by atomic mass is 32.1. The van der Waals surface area contributed by atoms with Gasteiger partial charge >= 0.3 is 12.4 Å². The Morgan fingerprint density at radius 3 is 1.55 bits per heavy atom. The molecule has 0 atom stereocenters. The molecule has 0 aliphatic heterocycles. The number of nitrogens with zero attached hydrogens (tertiary/aromatic N) is 2. The highest BCUT2D eigenvalue weighted by Gasteiger charge is 2.35. The summed E-state index contributed by atoms with van der Waals surface area (Å²) in [6.45, 7) is -0.290.